The molecule has 0 saturated heterocycles. The van der Waals surface area contributed by atoms with Gasteiger partial charge in [0.05, 0.1) is 22.1 Å². The van der Waals surface area contributed by atoms with Crippen LogP contribution in [0, 0.1) is 13.8 Å². The van der Waals surface area contributed by atoms with E-state index in [9.17, 15) is 4.79 Å². The second kappa shape index (κ2) is 4.16. The van der Waals surface area contributed by atoms with Crippen molar-refractivity contribution in [1.82, 2.24) is 9.38 Å². The van der Waals surface area contributed by atoms with Gasteiger partial charge in [0.1, 0.15) is 0 Å². The van der Waals surface area contributed by atoms with Gasteiger partial charge in [-0.25, -0.2) is 0 Å². The smallest absolute Gasteiger partial charge is 0.264 e. The van der Waals surface area contributed by atoms with Crippen molar-refractivity contribution in [3.05, 3.63) is 70.3 Å². The molecule has 0 aliphatic carbocycles. The monoisotopic (exact) mass is 274 g/mol. The standard InChI is InChI=1S/C18H14N2O/c1-11-6-5-9-20-16(11)10-14-13-7-3-4-8-15(13)19-12(2)17(14)18(20)21/h3-10H,1-2H3. The average Bonchev–Trinajstić information content (AvgIpc) is 2.48. The lowest BCUT2D eigenvalue weighted by atomic mass is 10.0. The molecule has 0 spiro atoms. The van der Waals surface area contributed by atoms with Crippen molar-refractivity contribution in [2.45, 2.75) is 13.8 Å². The summed E-state index contributed by atoms with van der Waals surface area (Å²) in [6.07, 6.45) is 1.82. The SMILES string of the molecule is Cc1nc2ccccc2c2cc3c(C)cccn3c(=O)c12. The van der Waals surface area contributed by atoms with Crippen LogP contribution in [0.2, 0.25) is 0 Å². The highest BCUT2D eigenvalue weighted by Crippen LogP contribution is 2.25. The van der Waals surface area contributed by atoms with Crippen LogP contribution in [0.4, 0.5) is 0 Å². The number of rotatable bonds is 0. The maximum Gasteiger partial charge on any atom is 0.264 e. The number of hydrogen-bond donors (Lipinski definition) is 0. The van der Waals surface area contributed by atoms with Gasteiger partial charge in [-0.1, -0.05) is 24.3 Å². The van der Waals surface area contributed by atoms with Gasteiger partial charge in [-0.2, -0.15) is 0 Å². The number of benzene rings is 1. The Bertz CT molecular complexity index is 1080. The molecule has 4 rings (SSSR count). The van der Waals surface area contributed by atoms with Gasteiger partial charge >= 0.3 is 0 Å². The fraction of sp³-hybridized carbons (Fsp3) is 0.111. The molecule has 3 nitrogen and oxygen atoms in total. The Morgan fingerprint density at radius 3 is 2.67 bits per heavy atom. The van der Waals surface area contributed by atoms with Gasteiger partial charge in [0, 0.05) is 17.0 Å². The molecule has 3 heterocycles. The molecule has 3 heteroatoms. The summed E-state index contributed by atoms with van der Waals surface area (Å²) in [7, 11) is 0. The molecule has 1 aromatic carbocycles. The molecule has 0 unspecified atom stereocenters. The second-order valence-electron chi connectivity index (χ2n) is 5.40. The lowest BCUT2D eigenvalue weighted by Crippen LogP contribution is -2.15. The predicted octanol–water partition coefficient (Wildman–Crippen LogP) is 3.62. The highest BCUT2D eigenvalue weighted by Gasteiger charge is 2.11. The van der Waals surface area contributed by atoms with E-state index < -0.39 is 0 Å². The molecule has 0 saturated carbocycles. The minimum atomic E-state index is 0.00181. The molecule has 0 aliphatic rings. The van der Waals surface area contributed by atoms with E-state index in [0.29, 0.717) is 5.39 Å². The Labute approximate surface area is 121 Å². The molecule has 4 aromatic rings. The van der Waals surface area contributed by atoms with Crippen LogP contribution in [-0.4, -0.2) is 9.38 Å². The lowest BCUT2D eigenvalue weighted by molar-refractivity contribution is 1.10. The molecule has 0 bridgehead atoms. The number of fused-ring (bicyclic) bond motifs is 4. The summed E-state index contributed by atoms with van der Waals surface area (Å²) in [5.41, 5.74) is 3.76. The second-order valence-corrected chi connectivity index (χ2v) is 5.40. The normalized spacial score (nSPS) is 11.5. The van der Waals surface area contributed by atoms with E-state index in [0.717, 1.165) is 33.1 Å². The molecule has 0 N–H and O–H groups in total. The van der Waals surface area contributed by atoms with E-state index in [-0.39, 0.29) is 5.56 Å². The van der Waals surface area contributed by atoms with E-state index in [2.05, 4.69) is 11.1 Å². The van der Waals surface area contributed by atoms with Gasteiger partial charge in [0.15, 0.2) is 0 Å². The van der Waals surface area contributed by atoms with Crippen molar-refractivity contribution in [1.29, 1.82) is 0 Å². The molecule has 0 aliphatic heterocycles. The van der Waals surface area contributed by atoms with Gasteiger partial charge in [0.25, 0.3) is 5.56 Å². The minimum absolute atomic E-state index is 0.00181. The first-order valence-corrected chi connectivity index (χ1v) is 6.97. The fourth-order valence-corrected chi connectivity index (χ4v) is 3.03. The molecule has 0 amide bonds. The summed E-state index contributed by atoms with van der Waals surface area (Å²) in [4.78, 5) is 17.4. The summed E-state index contributed by atoms with van der Waals surface area (Å²) >= 11 is 0. The molecule has 0 atom stereocenters. The molecule has 0 fully saturated rings. The number of aromatic nitrogens is 2. The molecule has 0 radical (unpaired) electrons. The van der Waals surface area contributed by atoms with Crippen molar-refractivity contribution in [2.75, 3.05) is 0 Å². The Balaban J connectivity index is 2.40. The fourth-order valence-electron chi connectivity index (χ4n) is 3.03. The first kappa shape index (κ1) is 12.1. The van der Waals surface area contributed by atoms with Crippen molar-refractivity contribution < 1.29 is 0 Å². The molecule has 3 aromatic heterocycles. The van der Waals surface area contributed by atoms with Crippen LogP contribution in [0.5, 0.6) is 0 Å². The third kappa shape index (κ3) is 1.61. The number of para-hydroxylation sites is 1. The summed E-state index contributed by atoms with van der Waals surface area (Å²) in [6, 6.07) is 14.0. The topological polar surface area (TPSA) is 34.4 Å². The summed E-state index contributed by atoms with van der Waals surface area (Å²) < 4.78 is 1.71. The van der Waals surface area contributed by atoms with Crippen LogP contribution in [-0.2, 0) is 0 Å². The number of hydrogen-bond acceptors (Lipinski definition) is 2. The van der Waals surface area contributed by atoms with E-state index in [1.54, 1.807) is 4.40 Å². The largest absolute Gasteiger partial charge is 0.283 e. The van der Waals surface area contributed by atoms with E-state index in [4.69, 9.17) is 0 Å². The maximum absolute atomic E-state index is 12.8. The number of aryl methyl sites for hydroxylation is 2. The Hall–Kier alpha value is -2.68. The van der Waals surface area contributed by atoms with Crippen LogP contribution in [0.1, 0.15) is 11.3 Å². The maximum atomic E-state index is 12.8. The zero-order chi connectivity index (χ0) is 14.6. The Morgan fingerprint density at radius 1 is 1.00 bits per heavy atom. The predicted molar refractivity (Wildman–Crippen MR) is 85.9 cm³/mol. The first-order chi connectivity index (χ1) is 10.2. The van der Waals surface area contributed by atoms with Gasteiger partial charge in [-0.05, 0) is 37.6 Å². The number of nitrogens with zero attached hydrogens (tertiary/aromatic N) is 2. The zero-order valence-electron chi connectivity index (χ0n) is 11.9. The van der Waals surface area contributed by atoms with E-state index in [1.165, 1.54) is 0 Å². The third-order valence-corrected chi connectivity index (χ3v) is 4.07. The van der Waals surface area contributed by atoms with Crippen LogP contribution in [0.15, 0.2) is 53.5 Å². The van der Waals surface area contributed by atoms with Gasteiger partial charge in [-0.15, -0.1) is 0 Å². The van der Waals surface area contributed by atoms with Crippen LogP contribution in [0.3, 0.4) is 0 Å². The molecule has 102 valence electrons. The third-order valence-electron chi connectivity index (χ3n) is 4.07. The van der Waals surface area contributed by atoms with Crippen molar-refractivity contribution in [3.8, 4) is 0 Å². The average molecular weight is 274 g/mol. The van der Waals surface area contributed by atoms with Gasteiger partial charge in [-0.3, -0.25) is 14.2 Å². The lowest BCUT2D eigenvalue weighted by Gasteiger charge is -2.10. The summed E-state index contributed by atoms with van der Waals surface area (Å²) in [5.74, 6) is 0. The van der Waals surface area contributed by atoms with Gasteiger partial charge < -0.3 is 0 Å². The molecular formula is C18H14N2O. The highest BCUT2D eigenvalue weighted by molar-refractivity contribution is 6.07. The molecular weight excluding hydrogens is 260 g/mol. The van der Waals surface area contributed by atoms with E-state index >= 15 is 0 Å². The Kier molecular flexibility index (Phi) is 2.39. The van der Waals surface area contributed by atoms with Gasteiger partial charge in [0.2, 0.25) is 0 Å². The Morgan fingerprint density at radius 2 is 1.81 bits per heavy atom. The highest BCUT2D eigenvalue weighted by atomic mass is 16.1. The van der Waals surface area contributed by atoms with Crippen LogP contribution >= 0.6 is 0 Å². The van der Waals surface area contributed by atoms with Crippen molar-refractivity contribution in [3.63, 3.8) is 0 Å². The first-order valence-electron chi connectivity index (χ1n) is 6.97. The minimum Gasteiger partial charge on any atom is -0.283 e. The quantitative estimate of drug-likeness (QED) is 0.362. The summed E-state index contributed by atoms with van der Waals surface area (Å²) in [6.45, 7) is 3.93. The zero-order valence-corrected chi connectivity index (χ0v) is 11.9. The number of pyridine rings is 3. The summed E-state index contributed by atoms with van der Waals surface area (Å²) in [5, 5.41) is 2.72. The van der Waals surface area contributed by atoms with Crippen molar-refractivity contribution in [2.24, 2.45) is 0 Å². The molecule has 21 heavy (non-hydrogen) atoms. The van der Waals surface area contributed by atoms with Crippen LogP contribution in [0.25, 0.3) is 27.2 Å². The van der Waals surface area contributed by atoms with Crippen LogP contribution < -0.4 is 5.56 Å². The van der Waals surface area contributed by atoms with Crippen molar-refractivity contribution >= 4 is 27.2 Å². The van der Waals surface area contributed by atoms with E-state index in [1.807, 2.05) is 56.4 Å².